The highest BCUT2D eigenvalue weighted by atomic mass is 19.1. The lowest BCUT2D eigenvalue weighted by molar-refractivity contribution is -0.167. The Balaban J connectivity index is 1.39. The normalized spacial score (nSPS) is 27.4. The molecule has 3 aliphatic heterocycles. The van der Waals surface area contributed by atoms with Gasteiger partial charge in [0.15, 0.2) is 0 Å². The molecule has 2 saturated heterocycles. The molecule has 15 heteroatoms. The fraction of sp³-hybridized carbons (Fsp3) is 0.400. The topological polar surface area (TPSA) is 129 Å². The molecule has 0 spiro atoms. The van der Waals surface area contributed by atoms with E-state index in [1.165, 1.54) is 30.3 Å². The van der Waals surface area contributed by atoms with Gasteiger partial charge in [-0.15, -0.1) is 0 Å². The number of carbonyl (C=O) groups excluding carboxylic acids is 3. The summed E-state index contributed by atoms with van der Waals surface area (Å²) in [4.78, 5) is 40.8. The molecule has 2 fully saturated rings. The van der Waals surface area contributed by atoms with E-state index in [4.69, 9.17) is 40.9 Å². The number of ether oxygens (including phenoxy) is 2. The number of aliphatic hydroxyl groups is 2. The Kier molecular flexibility index (Phi) is 7.14. The predicted octanol–water partition coefficient (Wildman–Crippen LogP) is -2.12. The second-order valence-corrected chi connectivity index (χ2v) is 10.1. The van der Waals surface area contributed by atoms with Gasteiger partial charge in [0.05, 0.1) is 30.7 Å². The molecule has 0 bridgehead atoms. The first-order chi connectivity index (χ1) is 18.7. The Morgan fingerprint density at radius 3 is 2.50 bits per heavy atom. The highest BCUT2D eigenvalue weighted by Gasteiger charge is 2.61. The summed E-state index contributed by atoms with van der Waals surface area (Å²) in [6.07, 6.45) is 0. The van der Waals surface area contributed by atoms with Gasteiger partial charge in [0, 0.05) is 36.3 Å². The predicted molar refractivity (Wildman–Crippen MR) is 141 cm³/mol. The van der Waals surface area contributed by atoms with Crippen LogP contribution >= 0.6 is 0 Å². The molecule has 3 N–H and O–H groups in total. The van der Waals surface area contributed by atoms with Crippen molar-refractivity contribution in [1.29, 1.82) is 0 Å². The summed E-state index contributed by atoms with van der Waals surface area (Å²) in [7, 11) is 23.7. The maximum absolute atomic E-state index is 15.2. The molecule has 10 nitrogen and oxygen atoms in total. The molecule has 2 aromatic carbocycles. The summed E-state index contributed by atoms with van der Waals surface area (Å²) in [6, 6.07) is 6.78. The van der Waals surface area contributed by atoms with Gasteiger partial charge in [-0.3, -0.25) is 24.6 Å². The smallest absolute Gasteiger partial charge is 0.255 e. The molecule has 0 aliphatic carbocycles. The van der Waals surface area contributed by atoms with Crippen molar-refractivity contribution in [1.82, 2.24) is 15.1 Å². The summed E-state index contributed by atoms with van der Waals surface area (Å²) in [5.74, 6) is -4.07. The van der Waals surface area contributed by atoms with Crippen LogP contribution in [0.25, 0.3) is 0 Å². The maximum atomic E-state index is 15.2. The molecule has 2 aromatic rings. The van der Waals surface area contributed by atoms with E-state index in [1.807, 2.05) is 0 Å². The van der Waals surface area contributed by atoms with Gasteiger partial charge in [0.2, 0.25) is 0 Å². The van der Waals surface area contributed by atoms with Crippen LogP contribution < -0.4 is 10.1 Å². The molecular formula is C25H22B4FN3O7. The summed E-state index contributed by atoms with van der Waals surface area (Å²) in [5, 5.41) is 20.6. The quantitative estimate of drug-likeness (QED) is 0.281. The van der Waals surface area contributed by atoms with Crippen LogP contribution in [0, 0.1) is 5.82 Å². The first-order valence-corrected chi connectivity index (χ1v) is 12.4. The van der Waals surface area contributed by atoms with E-state index in [1.54, 1.807) is 11.4 Å². The van der Waals surface area contributed by atoms with Crippen molar-refractivity contribution in [3.63, 3.8) is 0 Å². The summed E-state index contributed by atoms with van der Waals surface area (Å²) in [5.41, 5.74) is -5.34. The minimum Gasteiger partial charge on any atom is -0.502 e. The van der Waals surface area contributed by atoms with Crippen molar-refractivity contribution in [2.24, 2.45) is 0 Å². The van der Waals surface area contributed by atoms with E-state index in [2.05, 4.69) is 4.90 Å². The summed E-state index contributed by atoms with van der Waals surface area (Å²) >= 11 is 0. The average Bonchev–Trinajstić information content (AvgIpc) is 3.20. The Bertz CT molecular complexity index is 1380. The fourth-order valence-electron chi connectivity index (χ4n) is 5.10. The number of halogens is 1. The Morgan fingerprint density at radius 1 is 1.12 bits per heavy atom. The molecular weight excluding hydrogens is 517 g/mol. The van der Waals surface area contributed by atoms with Crippen LogP contribution in [0.15, 0.2) is 36.4 Å². The zero-order chi connectivity index (χ0) is 29.0. The molecule has 0 saturated carbocycles. The van der Waals surface area contributed by atoms with Gasteiger partial charge in [-0.05, 0) is 23.8 Å². The molecule has 3 amide bonds. The molecule has 5 rings (SSSR count). The Morgan fingerprint density at radius 2 is 1.82 bits per heavy atom. The van der Waals surface area contributed by atoms with Crippen molar-refractivity contribution in [3.8, 4) is 5.75 Å². The number of nitrogens with zero attached hydrogens (tertiary/aromatic N) is 2. The number of carbonyl (C=O) groups is 3. The van der Waals surface area contributed by atoms with E-state index in [-0.39, 0.29) is 29.0 Å². The van der Waals surface area contributed by atoms with Gasteiger partial charge in [0.25, 0.3) is 17.7 Å². The maximum Gasteiger partial charge on any atom is 0.255 e. The Hall–Kier alpha value is -3.12. The second-order valence-electron chi connectivity index (χ2n) is 10.1. The zero-order valence-electron chi connectivity index (χ0n) is 21.3. The number of piperidine rings is 1. The van der Waals surface area contributed by atoms with Crippen molar-refractivity contribution >= 4 is 49.1 Å². The van der Waals surface area contributed by atoms with Gasteiger partial charge in [-0.25, -0.2) is 4.39 Å². The van der Waals surface area contributed by atoms with Crippen LogP contribution in [0.1, 0.15) is 27.0 Å². The molecule has 8 radical (unpaired) electrons. The van der Waals surface area contributed by atoms with Crippen molar-refractivity contribution in [3.05, 3.63) is 64.5 Å². The van der Waals surface area contributed by atoms with E-state index in [9.17, 15) is 24.6 Å². The standard InChI is InChI=1S/C25H22B4FN3O7/c26-23(37)19(20(34)31-22(36)24(23,27)38)33-12-15-14(21(33)35)2-1-3-18(15)40-25(28,29)16-5-4-13(10-17(16)30)11-32-6-8-39-9-7-32/h1-5,10,19,37-38H,6-9,11-12H2,(H,31,34,36). The number of nitrogens with one attached hydrogen (secondary N) is 1. The largest absolute Gasteiger partial charge is 0.502 e. The summed E-state index contributed by atoms with van der Waals surface area (Å²) < 4.78 is 26.3. The number of rotatable bonds is 6. The third kappa shape index (κ3) is 4.74. The average molecular weight is 539 g/mol. The number of amides is 3. The van der Waals surface area contributed by atoms with E-state index >= 15 is 4.39 Å². The van der Waals surface area contributed by atoms with Gasteiger partial charge >= 0.3 is 0 Å². The van der Waals surface area contributed by atoms with E-state index in [0.29, 0.717) is 25.3 Å². The van der Waals surface area contributed by atoms with Crippen molar-refractivity contribution < 1.29 is 38.5 Å². The molecule has 3 heterocycles. The van der Waals surface area contributed by atoms with Crippen molar-refractivity contribution in [2.75, 3.05) is 26.3 Å². The fourth-order valence-corrected chi connectivity index (χ4v) is 5.10. The number of imide groups is 1. The highest BCUT2D eigenvalue weighted by molar-refractivity contribution is 6.39. The van der Waals surface area contributed by atoms with Gasteiger partial charge < -0.3 is 24.6 Å². The lowest BCUT2D eigenvalue weighted by Gasteiger charge is -2.49. The van der Waals surface area contributed by atoms with Crippen LogP contribution in [0.2, 0.25) is 0 Å². The van der Waals surface area contributed by atoms with Gasteiger partial charge in [-0.2, -0.15) is 0 Å². The van der Waals surface area contributed by atoms with Crippen LogP contribution in [-0.4, -0.2) is 112 Å². The molecule has 0 aromatic heterocycles. The SMILES string of the molecule is [B]C([B])(Oc1cccc2c1CN(C1C(=O)NC(=O)C([B])(O)C1([B])O)C2=O)c1ccc(CN2CCOCC2)cc1F. The molecule has 40 heavy (non-hydrogen) atoms. The summed E-state index contributed by atoms with van der Waals surface area (Å²) in [6.45, 7) is 2.80. The van der Waals surface area contributed by atoms with Crippen LogP contribution in [0.4, 0.5) is 4.39 Å². The molecule has 198 valence electrons. The Labute approximate surface area is 234 Å². The third-order valence-corrected chi connectivity index (χ3v) is 7.37. The van der Waals surface area contributed by atoms with Crippen molar-refractivity contribution in [2.45, 2.75) is 35.5 Å². The van der Waals surface area contributed by atoms with E-state index < -0.39 is 46.0 Å². The van der Waals surface area contributed by atoms with Crippen LogP contribution in [-0.2, 0) is 32.8 Å². The monoisotopic (exact) mass is 539 g/mol. The molecule has 3 atom stereocenters. The van der Waals surface area contributed by atoms with Gasteiger partial charge in [-0.1, -0.05) is 18.2 Å². The minimum absolute atomic E-state index is 0.00833. The number of fused-ring (bicyclic) bond motifs is 1. The zero-order valence-corrected chi connectivity index (χ0v) is 21.3. The lowest BCUT2D eigenvalue weighted by atomic mass is 9.53. The number of hydrogen-bond acceptors (Lipinski definition) is 8. The molecule has 3 aliphatic rings. The lowest BCUT2D eigenvalue weighted by Crippen LogP contribution is -2.79. The first-order valence-electron chi connectivity index (χ1n) is 12.4. The number of benzene rings is 2. The third-order valence-electron chi connectivity index (χ3n) is 7.37. The minimum atomic E-state index is -3.09. The highest BCUT2D eigenvalue weighted by Crippen LogP contribution is 2.39. The number of hydrogen-bond donors (Lipinski definition) is 3. The first kappa shape index (κ1) is 28.4. The second kappa shape index (κ2) is 10.1. The number of morpholine rings is 1. The van der Waals surface area contributed by atoms with Crippen LogP contribution in [0.5, 0.6) is 5.75 Å². The van der Waals surface area contributed by atoms with Gasteiger partial charge in [0.1, 0.15) is 54.5 Å². The van der Waals surface area contributed by atoms with E-state index in [0.717, 1.165) is 18.0 Å². The van der Waals surface area contributed by atoms with Crippen LogP contribution in [0.3, 0.4) is 0 Å². The molecule has 3 unspecified atom stereocenters.